The molecule has 44 heavy (non-hydrogen) atoms. The fourth-order valence-corrected chi connectivity index (χ4v) is 6.42. The monoisotopic (exact) mass is 564 g/mol. The second-order valence-electron chi connectivity index (χ2n) is 11.0. The molecule has 1 aromatic heterocycles. The highest BCUT2D eigenvalue weighted by Crippen LogP contribution is 2.42. The second kappa shape index (κ2) is 9.79. The lowest BCUT2D eigenvalue weighted by atomic mass is 10.1. The Hall–Kier alpha value is -6.00. The second-order valence-corrected chi connectivity index (χ2v) is 11.0. The third-order valence-electron chi connectivity index (χ3n) is 8.45. The van der Waals surface area contributed by atoms with E-state index in [1.807, 2.05) is 30.3 Å². The molecule has 0 amide bonds. The van der Waals surface area contributed by atoms with Gasteiger partial charge in [0.15, 0.2) is 0 Å². The van der Waals surface area contributed by atoms with Crippen LogP contribution in [-0.4, -0.2) is 20.8 Å². The van der Waals surface area contributed by atoms with Gasteiger partial charge in [0.2, 0.25) is 0 Å². The first-order valence-corrected chi connectivity index (χ1v) is 14.8. The first-order chi connectivity index (χ1) is 21.8. The molecule has 0 spiro atoms. The summed E-state index contributed by atoms with van der Waals surface area (Å²) >= 11 is 0. The molecule has 0 saturated heterocycles. The number of rotatable bonds is 4. The number of para-hydroxylation sites is 3. The fraction of sp³-hybridized carbons (Fsp3) is 0. The van der Waals surface area contributed by atoms with E-state index in [0.717, 1.165) is 67.8 Å². The largest absolute Gasteiger partial charge is 0.456 e. The Morgan fingerprint density at radius 2 is 1.32 bits per heavy atom. The molecule has 0 fully saturated rings. The smallest absolute Gasteiger partial charge is 0.279 e. The number of aliphatic imine (C=N–C) groups is 1. The zero-order valence-electron chi connectivity index (χ0n) is 23.8. The molecule has 0 radical (unpaired) electrons. The molecule has 4 heteroatoms. The Balaban J connectivity index is 1.24. The molecule has 0 bridgehead atoms. The summed E-state index contributed by atoms with van der Waals surface area (Å²) in [5.74, 6) is 3.58. The number of hydrogen-bond acceptors (Lipinski definition) is 2. The van der Waals surface area contributed by atoms with Gasteiger partial charge in [-0.25, -0.2) is 0 Å². The van der Waals surface area contributed by atoms with Crippen LogP contribution in [0.5, 0.6) is 11.5 Å². The van der Waals surface area contributed by atoms with Gasteiger partial charge in [0, 0.05) is 27.6 Å². The van der Waals surface area contributed by atoms with Crippen molar-refractivity contribution >= 4 is 51.3 Å². The molecule has 9 rings (SSSR count). The van der Waals surface area contributed by atoms with E-state index in [4.69, 9.17) is 9.73 Å². The van der Waals surface area contributed by atoms with E-state index in [1.54, 1.807) is 0 Å². The van der Waals surface area contributed by atoms with Crippen molar-refractivity contribution in [2.45, 2.75) is 0 Å². The molecule has 3 heterocycles. The van der Waals surface area contributed by atoms with Crippen LogP contribution in [0, 0.1) is 0 Å². The number of fused-ring (bicyclic) bond motifs is 6. The zero-order chi connectivity index (χ0) is 29.0. The number of benzene rings is 6. The van der Waals surface area contributed by atoms with Crippen molar-refractivity contribution in [3.63, 3.8) is 0 Å². The molecule has 0 unspecified atom stereocenters. The summed E-state index contributed by atoms with van der Waals surface area (Å²) in [5, 5.41) is 2.40. The normalized spacial score (nSPS) is 13.6. The van der Waals surface area contributed by atoms with Crippen molar-refractivity contribution in [2.24, 2.45) is 4.99 Å². The highest BCUT2D eigenvalue weighted by molar-refractivity contribution is 6.17. The van der Waals surface area contributed by atoms with E-state index in [2.05, 4.69) is 137 Å². The highest BCUT2D eigenvalue weighted by Gasteiger charge is 2.33. The van der Waals surface area contributed by atoms with Gasteiger partial charge in [-0.1, -0.05) is 89.9 Å². The Morgan fingerprint density at radius 1 is 0.568 bits per heavy atom. The van der Waals surface area contributed by atoms with Gasteiger partial charge in [-0.15, -0.1) is 0 Å². The third kappa shape index (κ3) is 3.78. The van der Waals surface area contributed by atoms with Crippen LogP contribution in [0.3, 0.4) is 0 Å². The maximum absolute atomic E-state index is 6.50. The van der Waals surface area contributed by atoms with Gasteiger partial charge in [0.1, 0.15) is 17.2 Å². The summed E-state index contributed by atoms with van der Waals surface area (Å²) in [6, 6.07) is 50.6. The van der Waals surface area contributed by atoms with E-state index < -0.39 is 0 Å². The minimum absolute atomic E-state index is 0.847. The van der Waals surface area contributed by atoms with Gasteiger partial charge in [-0.2, -0.15) is 4.58 Å². The van der Waals surface area contributed by atoms with Gasteiger partial charge in [-0.3, -0.25) is 0 Å². The van der Waals surface area contributed by atoms with E-state index in [1.165, 1.54) is 10.8 Å². The lowest BCUT2D eigenvalue weighted by Gasteiger charge is -2.20. The maximum atomic E-state index is 6.50. The molecular weight excluding hydrogens is 538 g/mol. The van der Waals surface area contributed by atoms with Crippen LogP contribution in [0.25, 0.3) is 39.6 Å². The number of ether oxygens (including phenoxy) is 1. The minimum Gasteiger partial charge on any atom is -0.456 e. The van der Waals surface area contributed by atoms with Crippen molar-refractivity contribution in [1.82, 2.24) is 4.57 Å². The van der Waals surface area contributed by atoms with E-state index in [9.17, 15) is 0 Å². The lowest BCUT2D eigenvalue weighted by molar-refractivity contribution is -0.319. The standard InChI is InChI=1S/C40H26N3O/c1-3-13-28(14-4-1)39-41-40(43(39)30-16-5-2-6-17-30)29-15-11-18-31(26-29)42-35-20-9-8-19-32(35)33-24-25-37-34(38(33)42)23-22-27-12-7-10-21-36(27)44-37/h1-26H/q+1. The number of hydrogen-bond donors (Lipinski definition) is 0. The molecule has 2 aliphatic rings. The SMILES string of the molecule is C1=Cc2c(ccc3c4ccccc4n(-c4cccc(C5=NC(c6ccccc6)=[N+]5c5ccccc5)c4)c23)Oc2ccccc21. The molecule has 4 nitrogen and oxygen atoms in total. The average molecular weight is 565 g/mol. The zero-order valence-corrected chi connectivity index (χ0v) is 23.8. The Labute approximate surface area is 254 Å². The van der Waals surface area contributed by atoms with Crippen LogP contribution >= 0.6 is 0 Å². The molecule has 7 aromatic rings. The van der Waals surface area contributed by atoms with Crippen molar-refractivity contribution in [3.05, 3.63) is 168 Å². The highest BCUT2D eigenvalue weighted by atomic mass is 16.5. The molecule has 2 aliphatic heterocycles. The van der Waals surface area contributed by atoms with Crippen LogP contribution in [-0.2, 0) is 0 Å². The summed E-state index contributed by atoms with van der Waals surface area (Å²) in [7, 11) is 0. The summed E-state index contributed by atoms with van der Waals surface area (Å²) < 4.78 is 11.1. The minimum atomic E-state index is 0.847. The van der Waals surface area contributed by atoms with E-state index >= 15 is 0 Å². The van der Waals surface area contributed by atoms with Crippen LogP contribution in [0.15, 0.2) is 151 Å². The molecule has 0 N–H and O–H groups in total. The van der Waals surface area contributed by atoms with Gasteiger partial charge in [-0.05, 0) is 72.8 Å². The first kappa shape index (κ1) is 24.6. The Bertz CT molecular complexity index is 2340. The number of amidine groups is 2. The topological polar surface area (TPSA) is 29.5 Å². The van der Waals surface area contributed by atoms with Crippen molar-refractivity contribution in [1.29, 1.82) is 0 Å². The van der Waals surface area contributed by atoms with E-state index in [-0.39, 0.29) is 0 Å². The van der Waals surface area contributed by atoms with Gasteiger partial charge in [0.05, 0.1) is 22.2 Å². The predicted molar refractivity (Wildman–Crippen MR) is 180 cm³/mol. The summed E-state index contributed by atoms with van der Waals surface area (Å²) in [5.41, 5.74) is 8.70. The van der Waals surface area contributed by atoms with Gasteiger partial charge < -0.3 is 9.30 Å². The quantitative estimate of drug-likeness (QED) is 0.196. The molecule has 6 aromatic carbocycles. The molecule has 206 valence electrons. The number of nitrogens with zero attached hydrogens (tertiary/aromatic N) is 3. The van der Waals surface area contributed by atoms with Crippen LogP contribution in [0.1, 0.15) is 22.3 Å². The molecular formula is C40H26N3O+. The van der Waals surface area contributed by atoms with Gasteiger partial charge >= 0.3 is 0 Å². The van der Waals surface area contributed by atoms with Crippen molar-refractivity contribution in [3.8, 4) is 17.2 Å². The average Bonchev–Trinajstić information content (AvgIpc) is 3.27. The van der Waals surface area contributed by atoms with Crippen LogP contribution in [0.2, 0.25) is 0 Å². The van der Waals surface area contributed by atoms with Crippen molar-refractivity contribution in [2.75, 3.05) is 0 Å². The van der Waals surface area contributed by atoms with Crippen LogP contribution < -0.4 is 4.74 Å². The van der Waals surface area contributed by atoms with Crippen molar-refractivity contribution < 1.29 is 9.31 Å². The lowest BCUT2D eigenvalue weighted by Crippen LogP contribution is -2.34. The van der Waals surface area contributed by atoms with Crippen LogP contribution in [0.4, 0.5) is 5.69 Å². The Kier molecular flexibility index (Phi) is 5.47. The maximum Gasteiger partial charge on any atom is 0.279 e. The predicted octanol–water partition coefficient (Wildman–Crippen LogP) is 9.61. The van der Waals surface area contributed by atoms with E-state index in [0.29, 0.717) is 0 Å². The molecule has 0 saturated carbocycles. The molecule has 0 atom stereocenters. The fourth-order valence-electron chi connectivity index (χ4n) is 6.42. The third-order valence-corrected chi connectivity index (χ3v) is 8.45. The first-order valence-electron chi connectivity index (χ1n) is 14.8. The molecule has 0 aliphatic carbocycles. The van der Waals surface area contributed by atoms with Gasteiger partial charge in [0.25, 0.3) is 11.7 Å². The summed E-state index contributed by atoms with van der Waals surface area (Å²) in [6.45, 7) is 0. The Morgan fingerprint density at radius 3 is 2.20 bits per heavy atom. The summed E-state index contributed by atoms with van der Waals surface area (Å²) in [6.07, 6.45) is 4.35. The number of aromatic nitrogens is 1. The summed E-state index contributed by atoms with van der Waals surface area (Å²) in [4.78, 5) is 5.09.